The van der Waals surface area contributed by atoms with Gasteiger partial charge in [-0.2, -0.15) is 52.7 Å². The first kappa shape index (κ1) is 30.6. The van der Waals surface area contributed by atoms with Gasteiger partial charge in [-0.25, -0.2) is 0 Å². The van der Waals surface area contributed by atoms with Crippen molar-refractivity contribution in [2.75, 3.05) is 0 Å². The molecule has 34 heavy (non-hydrogen) atoms. The molecule has 0 spiro atoms. The van der Waals surface area contributed by atoms with Crippen molar-refractivity contribution >= 4 is 5.97 Å². The summed E-state index contributed by atoms with van der Waals surface area (Å²) in [6, 6.07) is 0. The molecule has 1 rings (SSSR count). The summed E-state index contributed by atoms with van der Waals surface area (Å²) in [5.74, 6) is -9.63. The Morgan fingerprint density at radius 3 is 1.21 bits per heavy atom. The molecule has 0 aliphatic heterocycles. The first-order valence-corrected chi connectivity index (χ1v) is 9.74. The lowest BCUT2D eigenvalue weighted by Crippen LogP contribution is -2.67. The predicted octanol–water partition coefficient (Wildman–Crippen LogP) is 5.32. The summed E-state index contributed by atoms with van der Waals surface area (Å²) in [5, 5.41) is 19.2. The first-order valence-electron chi connectivity index (χ1n) is 9.74. The molecule has 1 aliphatic carbocycles. The lowest BCUT2D eigenvalue weighted by atomic mass is 9.65. The Balaban J connectivity index is 3.65. The van der Waals surface area contributed by atoms with Crippen molar-refractivity contribution in [3.05, 3.63) is 0 Å². The predicted molar refractivity (Wildman–Crippen MR) is 88.8 cm³/mol. The van der Waals surface area contributed by atoms with Crippen molar-refractivity contribution < 1.29 is 72.4 Å². The van der Waals surface area contributed by atoms with Crippen molar-refractivity contribution in [1.82, 2.24) is 0 Å². The molecule has 0 heterocycles. The molecule has 16 heteroatoms. The first-order chi connectivity index (χ1) is 14.8. The Morgan fingerprint density at radius 1 is 0.676 bits per heavy atom. The molecule has 0 amide bonds. The smallest absolute Gasteiger partial charge is 0.426 e. The summed E-state index contributed by atoms with van der Waals surface area (Å²) in [4.78, 5) is 12.1. The standard InChI is InChI=1S/C18H22F12O4/c1-7(2)8(3)12(31)34-11-5-9(13(32,15(19,20)21)16(22,23)24)4-10(6-11)14(33,17(25,26)27)18(28,29)30/h7-11,32-33H,4-6H2,1-3H3. The Bertz CT molecular complexity index is 648. The van der Waals surface area contributed by atoms with Gasteiger partial charge >= 0.3 is 30.7 Å². The molecule has 3 atom stereocenters. The maximum atomic E-state index is 13.3. The van der Waals surface area contributed by atoms with Gasteiger partial charge in [-0.3, -0.25) is 4.79 Å². The number of aliphatic hydroxyl groups is 2. The zero-order chi connectivity index (χ0) is 27.3. The molecule has 0 aromatic heterocycles. The van der Waals surface area contributed by atoms with Crippen molar-refractivity contribution in [3.63, 3.8) is 0 Å². The zero-order valence-electron chi connectivity index (χ0n) is 17.8. The normalized spacial score (nSPS) is 24.8. The van der Waals surface area contributed by atoms with Gasteiger partial charge in [0.2, 0.25) is 0 Å². The maximum Gasteiger partial charge on any atom is 0.426 e. The lowest BCUT2D eigenvalue weighted by molar-refractivity contribution is -0.405. The highest BCUT2D eigenvalue weighted by Crippen LogP contribution is 2.57. The van der Waals surface area contributed by atoms with Crippen LogP contribution in [0.5, 0.6) is 0 Å². The van der Waals surface area contributed by atoms with Crippen LogP contribution in [0.15, 0.2) is 0 Å². The summed E-state index contributed by atoms with van der Waals surface area (Å²) in [5.41, 5.74) is -11.5. The monoisotopic (exact) mass is 530 g/mol. The highest BCUT2D eigenvalue weighted by Gasteiger charge is 2.78. The van der Waals surface area contributed by atoms with Crippen molar-refractivity contribution in [2.24, 2.45) is 23.7 Å². The van der Waals surface area contributed by atoms with Crippen LogP contribution < -0.4 is 0 Å². The number of alkyl halides is 12. The van der Waals surface area contributed by atoms with Crippen LogP contribution in [0.2, 0.25) is 0 Å². The molecule has 1 fully saturated rings. The van der Waals surface area contributed by atoms with Crippen LogP contribution in [0, 0.1) is 23.7 Å². The second-order valence-electron chi connectivity index (χ2n) is 8.72. The average molecular weight is 530 g/mol. The second-order valence-corrected chi connectivity index (χ2v) is 8.72. The lowest BCUT2D eigenvalue weighted by Gasteiger charge is -2.48. The molecule has 1 saturated carbocycles. The summed E-state index contributed by atoms with van der Waals surface area (Å²) in [6.07, 6.45) is -33.9. The van der Waals surface area contributed by atoms with Crippen molar-refractivity contribution in [1.29, 1.82) is 0 Å². The Hall–Kier alpha value is -1.45. The van der Waals surface area contributed by atoms with E-state index in [1.54, 1.807) is 0 Å². The highest BCUT2D eigenvalue weighted by molar-refractivity contribution is 5.72. The average Bonchev–Trinajstić information content (AvgIpc) is 2.61. The van der Waals surface area contributed by atoms with E-state index in [4.69, 9.17) is 0 Å². The molecular formula is C18H22F12O4. The molecular weight excluding hydrogens is 508 g/mol. The quantitative estimate of drug-likeness (QED) is 0.373. The number of hydrogen-bond donors (Lipinski definition) is 2. The van der Waals surface area contributed by atoms with E-state index >= 15 is 0 Å². The number of carbonyl (C=O) groups excluding carboxylic acids is 1. The van der Waals surface area contributed by atoms with E-state index in [1.807, 2.05) is 0 Å². The number of rotatable bonds is 5. The van der Waals surface area contributed by atoms with Crippen molar-refractivity contribution in [2.45, 2.75) is 82.0 Å². The van der Waals surface area contributed by atoms with E-state index in [0.717, 1.165) is 0 Å². The van der Waals surface area contributed by atoms with Crippen molar-refractivity contribution in [3.8, 4) is 0 Å². The van der Waals surface area contributed by atoms with Crippen LogP contribution in [0.3, 0.4) is 0 Å². The van der Waals surface area contributed by atoms with Crippen LogP contribution in [0.4, 0.5) is 52.7 Å². The number of ether oxygens (including phenoxy) is 1. The SMILES string of the molecule is CC(C)C(C)C(=O)OC1CC(C(O)(C(F)(F)F)C(F)(F)F)CC(C(O)(C(F)(F)F)C(F)(F)F)C1. The van der Waals surface area contributed by atoms with Crippen LogP contribution >= 0.6 is 0 Å². The van der Waals surface area contributed by atoms with Gasteiger partial charge in [-0.05, 0) is 25.2 Å². The maximum absolute atomic E-state index is 13.3. The largest absolute Gasteiger partial charge is 0.462 e. The molecule has 0 aromatic carbocycles. The van der Waals surface area contributed by atoms with E-state index in [-0.39, 0.29) is 0 Å². The minimum absolute atomic E-state index is 0.521. The van der Waals surface area contributed by atoms with Gasteiger partial charge in [0.25, 0.3) is 11.2 Å². The minimum Gasteiger partial charge on any atom is -0.462 e. The van der Waals surface area contributed by atoms with Gasteiger partial charge in [0, 0.05) is 11.8 Å². The van der Waals surface area contributed by atoms with Gasteiger partial charge in [0.05, 0.1) is 5.92 Å². The van der Waals surface area contributed by atoms with Crippen LogP contribution in [-0.4, -0.2) is 58.2 Å². The highest BCUT2D eigenvalue weighted by atomic mass is 19.4. The van der Waals surface area contributed by atoms with E-state index < -0.39 is 90.9 Å². The molecule has 202 valence electrons. The van der Waals surface area contributed by atoms with Crippen LogP contribution in [-0.2, 0) is 9.53 Å². The van der Waals surface area contributed by atoms with Gasteiger partial charge in [0.1, 0.15) is 6.10 Å². The molecule has 4 nitrogen and oxygen atoms in total. The third-order valence-corrected chi connectivity index (χ3v) is 6.23. The summed E-state index contributed by atoms with van der Waals surface area (Å²) < 4.78 is 164. The van der Waals surface area contributed by atoms with E-state index in [2.05, 4.69) is 4.74 Å². The van der Waals surface area contributed by atoms with Gasteiger partial charge < -0.3 is 14.9 Å². The Labute approximate surface area is 185 Å². The zero-order valence-corrected chi connectivity index (χ0v) is 17.8. The fourth-order valence-electron chi connectivity index (χ4n) is 3.84. The van der Waals surface area contributed by atoms with Gasteiger partial charge in [0.15, 0.2) is 0 Å². The second kappa shape index (κ2) is 9.21. The molecule has 0 bridgehead atoms. The topological polar surface area (TPSA) is 66.8 Å². The van der Waals surface area contributed by atoms with E-state index in [1.165, 1.54) is 20.8 Å². The van der Waals surface area contributed by atoms with E-state index in [0.29, 0.717) is 0 Å². The third kappa shape index (κ3) is 5.36. The third-order valence-electron chi connectivity index (χ3n) is 6.23. The number of halogens is 12. The molecule has 3 unspecified atom stereocenters. The molecule has 0 saturated heterocycles. The summed E-state index contributed by atoms with van der Waals surface area (Å²) in [6.45, 7) is 4.08. The van der Waals surface area contributed by atoms with Crippen LogP contribution in [0.1, 0.15) is 40.0 Å². The van der Waals surface area contributed by atoms with Gasteiger partial charge in [-0.15, -0.1) is 0 Å². The number of esters is 1. The van der Waals surface area contributed by atoms with Crippen LogP contribution in [0.25, 0.3) is 0 Å². The minimum atomic E-state index is -6.58. The number of carbonyl (C=O) groups is 1. The molecule has 0 aromatic rings. The summed E-state index contributed by atoms with van der Waals surface area (Å²) >= 11 is 0. The van der Waals surface area contributed by atoms with Gasteiger partial charge in [-0.1, -0.05) is 20.8 Å². The summed E-state index contributed by atoms with van der Waals surface area (Å²) in [7, 11) is 0. The molecule has 2 N–H and O–H groups in total. The fraction of sp³-hybridized carbons (Fsp3) is 0.944. The fourth-order valence-corrected chi connectivity index (χ4v) is 3.84. The van der Waals surface area contributed by atoms with E-state index in [9.17, 15) is 67.7 Å². The Kier molecular flexibility index (Phi) is 8.28. The number of hydrogen-bond acceptors (Lipinski definition) is 4. The molecule has 0 radical (unpaired) electrons. The Morgan fingerprint density at radius 2 is 0.971 bits per heavy atom. The molecule has 1 aliphatic rings.